The largest absolute Gasteiger partial charge is 0.450 e. The van der Waals surface area contributed by atoms with Crippen LogP contribution in [0.25, 0.3) is 0 Å². The quantitative estimate of drug-likeness (QED) is 0.667. The Labute approximate surface area is 84.8 Å². The number of amides is 1. The number of piperazine rings is 1. The molecule has 2 N–H and O–H groups in total. The molecule has 14 heavy (non-hydrogen) atoms. The molecule has 1 heterocycles. The van der Waals surface area contributed by atoms with E-state index in [2.05, 4.69) is 4.90 Å². The number of carbonyl (C=O) groups is 1. The van der Waals surface area contributed by atoms with Gasteiger partial charge in [0.2, 0.25) is 0 Å². The monoisotopic (exact) mass is 201 g/mol. The van der Waals surface area contributed by atoms with Crippen molar-refractivity contribution in [1.82, 2.24) is 9.80 Å². The minimum Gasteiger partial charge on any atom is -0.450 e. The first-order valence-corrected chi connectivity index (χ1v) is 5.01. The van der Waals surface area contributed by atoms with Crippen LogP contribution in [0, 0.1) is 0 Å². The van der Waals surface area contributed by atoms with E-state index in [1.165, 1.54) is 0 Å². The average Bonchev–Trinajstić information content (AvgIpc) is 2.19. The minimum absolute atomic E-state index is 0.223. The first-order valence-electron chi connectivity index (χ1n) is 5.01. The molecule has 1 fully saturated rings. The number of rotatable bonds is 2. The molecule has 0 aromatic heterocycles. The number of nitrogens with zero attached hydrogens (tertiary/aromatic N) is 2. The van der Waals surface area contributed by atoms with Crippen molar-refractivity contribution >= 4 is 6.09 Å². The van der Waals surface area contributed by atoms with Crippen LogP contribution in [-0.2, 0) is 4.74 Å². The van der Waals surface area contributed by atoms with Crippen LogP contribution < -0.4 is 5.73 Å². The van der Waals surface area contributed by atoms with Gasteiger partial charge in [-0.25, -0.2) is 4.79 Å². The molecule has 82 valence electrons. The van der Waals surface area contributed by atoms with Crippen molar-refractivity contribution in [2.75, 3.05) is 39.8 Å². The van der Waals surface area contributed by atoms with Gasteiger partial charge in [0.25, 0.3) is 0 Å². The topological polar surface area (TPSA) is 58.8 Å². The highest BCUT2D eigenvalue weighted by Crippen LogP contribution is 2.07. The summed E-state index contributed by atoms with van der Waals surface area (Å²) < 4.78 is 4.94. The SMILES string of the molecule is CCOC(=O)N1CCN(C)C(CN)C1. The van der Waals surface area contributed by atoms with Crippen LogP contribution >= 0.6 is 0 Å². The van der Waals surface area contributed by atoms with E-state index in [0.717, 1.165) is 13.1 Å². The Morgan fingerprint density at radius 3 is 2.86 bits per heavy atom. The van der Waals surface area contributed by atoms with Crippen molar-refractivity contribution in [1.29, 1.82) is 0 Å². The Bertz CT molecular complexity index is 198. The van der Waals surface area contributed by atoms with Gasteiger partial charge in [0.1, 0.15) is 0 Å². The summed E-state index contributed by atoms with van der Waals surface area (Å²) in [5.41, 5.74) is 5.61. The van der Waals surface area contributed by atoms with Crippen LogP contribution in [-0.4, -0.2) is 61.8 Å². The first kappa shape index (κ1) is 11.3. The molecule has 0 aliphatic carbocycles. The van der Waals surface area contributed by atoms with Crippen LogP contribution in [0.1, 0.15) is 6.92 Å². The highest BCUT2D eigenvalue weighted by molar-refractivity contribution is 5.67. The Balaban J connectivity index is 2.45. The van der Waals surface area contributed by atoms with Gasteiger partial charge in [-0.1, -0.05) is 0 Å². The Morgan fingerprint density at radius 2 is 2.29 bits per heavy atom. The highest BCUT2D eigenvalue weighted by atomic mass is 16.6. The van der Waals surface area contributed by atoms with Gasteiger partial charge in [-0.15, -0.1) is 0 Å². The lowest BCUT2D eigenvalue weighted by Gasteiger charge is -2.38. The fourth-order valence-electron chi connectivity index (χ4n) is 1.58. The van der Waals surface area contributed by atoms with Crippen molar-refractivity contribution in [3.05, 3.63) is 0 Å². The van der Waals surface area contributed by atoms with Crippen molar-refractivity contribution in [3.8, 4) is 0 Å². The third-order valence-corrected chi connectivity index (χ3v) is 2.58. The van der Waals surface area contributed by atoms with E-state index >= 15 is 0 Å². The van der Waals surface area contributed by atoms with Gasteiger partial charge in [0, 0.05) is 32.2 Å². The van der Waals surface area contributed by atoms with Gasteiger partial charge < -0.3 is 15.4 Å². The van der Waals surface area contributed by atoms with Crippen molar-refractivity contribution in [2.24, 2.45) is 5.73 Å². The number of hydrogen-bond donors (Lipinski definition) is 1. The maximum absolute atomic E-state index is 11.4. The first-order chi connectivity index (χ1) is 6.69. The van der Waals surface area contributed by atoms with Gasteiger partial charge in [0.15, 0.2) is 0 Å². The third kappa shape index (κ3) is 2.59. The highest BCUT2D eigenvalue weighted by Gasteiger charge is 2.26. The van der Waals surface area contributed by atoms with Crippen molar-refractivity contribution < 1.29 is 9.53 Å². The van der Waals surface area contributed by atoms with Gasteiger partial charge >= 0.3 is 6.09 Å². The number of nitrogens with two attached hydrogens (primary N) is 1. The van der Waals surface area contributed by atoms with Crippen LogP contribution in [0.4, 0.5) is 4.79 Å². The van der Waals surface area contributed by atoms with Crippen molar-refractivity contribution in [3.63, 3.8) is 0 Å². The molecule has 0 saturated carbocycles. The number of hydrogen-bond acceptors (Lipinski definition) is 4. The zero-order valence-corrected chi connectivity index (χ0v) is 8.90. The standard InChI is InChI=1S/C9H19N3O2/c1-3-14-9(13)12-5-4-11(2)8(6-10)7-12/h8H,3-7,10H2,1-2H3. The lowest BCUT2D eigenvalue weighted by molar-refractivity contribution is 0.0652. The zero-order chi connectivity index (χ0) is 10.6. The molecule has 5 nitrogen and oxygen atoms in total. The van der Waals surface area contributed by atoms with E-state index in [1.54, 1.807) is 4.90 Å². The molecule has 1 aliphatic heterocycles. The smallest absolute Gasteiger partial charge is 0.409 e. The molecule has 1 saturated heterocycles. The molecule has 1 aliphatic rings. The molecule has 1 atom stereocenters. The molecule has 0 radical (unpaired) electrons. The van der Waals surface area contributed by atoms with E-state index < -0.39 is 0 Å². The second-order valence-electron chi connectivity index (χ2n) is 3.52. The predicted octanol–water partition coefficient (Wildman–Crippen LogP) is -0.282. The summed E-state index contributed by atoms with van der Waals surface area (Å²) in [5, 5.41) is 0. The summed E-state index contributed by atoms with van der Waals surface area (Å²) in [6.07, 6.45) is -0.223. The average molecular weight is 201 g/mol. The lowest BCUT2D eigenvalue weighted by Crippen LogP contribution is -2.55. The Hall–Kier alpha value is -0.810. The molecule has 0 bridgehead atoms. The molecule has 1 amide bonds. The maximum atomic E-state index is 11.4. The van der Waals surface area contributed by atoms with Gasteiger partial charge in [-0.05, 0) is 14.0 Å². The predicted molar refractivity (Wildman–Crippen MR) is 54.1 cm³/mol. The fraction of sp³-hybridized carbons (Fsp3) is 0.889. The molecule has 1 rings (SSSR count). The van der Waals surface area contributed by atoms with Gasteiger partial charge in [-0.2, -0.15) is 0 Å². The Kier molecular flexibility index (Phi) is 4.16. The summed E-state index contributed by atoms with van der Waals surface area (Å²) in [6.45, 7) is 5.08. The summed E-state index contributed by atoms with van der Waals surface area (Å²) in [6, 6.07) is 0.258. The summed E-state index contributed by atoms with van der Waals surface area (Å²) in [4.78, 5) is 15.3. The Morgan fingerprint density at radius 1 is 1.57 bits per heavy atom. The molecular formula is C9H19N3O2. The van der Waals surface area contributed by atoms with E-state index in [1.807, 2.05) is 14.0 Å². The number of carbonyl (C=O) groups excluding carboxylic acids is 1. The third-order valence-electron chi connectivity index (χ3n) is 2.58. The molecule has 0 spiro atoms. The zero-order valence-electron chi connectivity index (χ0n) is 8.90. The van der Waals surface area contributed by atoms with E-state index in [4.69, 9.17) is 10.5 Å². The maximum Gasteiger partial charge on any atom is 0.409 e. The normalized spacial score (nSPS) is 23.6. The number of likely N-dealkylation sites (N-methyl/N-ethyl adjacent to an activating group) is 1. The van der Waals surface area contributed by atoms with Gasteiger partial charge in [0.05, 0.1) is 6.61 Å². The lowest BCUT2D eigenvalue weighted by atomic mass is 10.2. The van der Waals surface area contributed by atoms with Gasteiger partial charge in [-0.3, -0.25) is 4.90 Å². The molecule has 0 aromatic rings. The molecular weight excluding hydrogens is 182 g/mol. The summed E-state index contributed by atoms with van der Waals surface area (Å²) in [7, 11) is 2.03. The summed E-state index contributed by atoms with van der Waals surface area (Å²) >= 11 is 0. The van der Waals surface area contributed by atoms with Crippen LogP contribution in [0.3, 0.4) is 0 Å². The molecule has 5 heteroatoms. The second-order valence-corrected chi connectivity index (χ2v) is 3.52. The molecule has 0 aromatic carbocycles. The van der Waals surface area contributed by atoms with Crippen LogP contribution in [0.2, 0.25) is 0 Å². The van der Waals surface area contributed by atoms with Crippen LogP contribution in [0.5, 0.6) is 0 Å². The van der Waals surface area contributed by atoms with E-state index in [0.29, 0.717) is 19.7 Å². The molecule has 1 unspecified atom stereocenters. The minimum atomic E-state index is -0.223. The van der Waals surface area contributed by atoms with E-state index in [9.17, 15) is 4.79 Å². The van der Waals surface area contributed by atoms with E-state index in [-0.39, 0.29) is 12.1 Å². The second kappa shape index (κ2) is 5.17. The van der Waals surface area contributed by atoms with Crippen LogP contribution in [0.15, 0.2) is 0 Å². The summed E-state index contributed by atoms with van der Waals surface area (Å²) in [5.74, 6) is 0. The van der Waals surface area contributed by atoms with Crippen molar-refractivity contribution in [2.45, 2.75) is 13.0 Å². The number of ether oxygens (including phenoxy) is 1. The fourth-order valence-corrected chi connectivity index (χ4v) is 1.58.